The van der Waals surface area contributed by atoms with Crippen molar-refractivity contribution in [1.29, 1.82) is 0 Å². The average Bonchev–Trinajstić information content (AvgIpc) is 2.07. The molecule has 0 atom stereocenters. The molecule has 0 saturated carbocycles. The van der Waals surface area contributed by atoms with E-state index in [1.165, 1.54) is 0 Å². The van der Waals surface area contributed by atoms with Crippen LogP contribution in [0.15, 0.2) is 0 Å². The summed E-state index contributed by atoms with van der Waals surface area (Å²) in [5.74, 6) is 0.271. The summed E-state index contributed by atoms with van der Waals surface area (Å²) in [6.07, 6.45) is 0.612. The molecular weight excluding hydrogens is 152 g/mol. The minimum atomic E-state index is -0.0268. The maximum atomic E-state index is 11.5. The minimum Gasteiger partial charge on any atom is -0.342 e. The Labute approximate surface area is 74.1 Å². The predicted octanol–water partition coefficient (Wildman–Crippen LogP) is 0.607. The summed E-state index contributed by atoms with van der Waals surface area (Å²) in [5, 5.41) is 3.35. The third-order valence-electron chi connectivity index (χ3n) is 2.31. The molecule has 1 amide bonds. The molecule has 0 aromatic heterocycles. The average molecular weight is 170 g/mol. The minimum absolute atomic E-state index is 0.0268. The molecule has 1 N–H and O–H groups in total. The van der Waals surface area contributed by atoms with Crippen LogP contribution in [0.4, 0.5) is 0 Å². The Morgan fingerprint density at radius 1 is 1.58 bits per heavy atom. The van der Waals surface area contributed by atoms with E-state index in [1.807, 2.05) is 11.8 Å². The van der Waals surface area contributed by atoms with Crippen molar-refractivity contribution in [2.75, 3.05) is 19.6 Å². The topological polar surface area (TPSA) is 32.3 Å². The number of nitrogens with zero attached hydrogens (tertiary/aromatic N) is 1. The van der Waals surface area contributed by atoms with Crippen molar-refractivity contribution in [3.8, 4) is 0 Å². The molecule has 0 unspecified atom stereocenters. The molecule has 1 rings (SSSR count). The van der Waals surface area contributed by atoms with Gasteiger partial charge in [0.2, 0.25) is 5.91 Å². The molecular formula is C9H18N2O. The summed E-state index contributed by atoms with van der Waals surface area (Å²) in [7, 11) is 0. The van der Waals surface area contributed by atoms with Crippen LogP contribution in [0.2, 0.25) is 0 Å². The van der Waals surface area contributed by atoms with Crippen LogP contribution in [0, 0.1) is 0 Å². The normalized spacial score (nSPS) is 23.9. The molecule has 70 valence electrons. The quantitative estimate of drug-likeness (QED) is 0.625. The highest BCUT2D eigenvalue weighted by Crippen LogP contribution is 2.13. The van der Waals surface area contributed by atoms with Gasteiger partial charge in [-0.3, -0.25) is 4.79 Å². The van der Waals surface area contributed by atoms with Crippen molar-refractivity contribution in [1.82, 2.24) is 10.2 Å². The van der Waals surface area contributed by atoms with E-state index < -0.39 is 0 Å². The Morgan fingerprint density at radius 2 is 2.25 bits per heavy atom. The highest BCUT2D eigenvalue weighted by atomic mass is 16.2. The van der Waals surface area contributed by atoms with E-state index in [0.29, 0.717) is 6.42 Å². The summed E-state index contributed by atoms with van der Waals surface area (Å²) >= 11 is 0. The lowest BCUT2D eigenvalue weighted by atomic mass is 10.0. The zero-order valence-corrected chi connectivity index (χ0v) is 8.18. The second-order valence-electron chi connectivity index (χ2n) is 3.96. The van der Waals surface area contributed by atoms with Gasteiger partial charge in [0.25, 0.3) is 0 Å². The van der Waals surface area contributed by atoms with Crippen LogP contribution in [0.1, 0.15) is 27.2 Å². The monoisotopic (exact) mass is 170 g/mol. The van der Waals surface area contributed by atoms with Gasteiger partial charge in [0, 0.05) is 31.6 Å². The van der Waals surface area contributed by atoms with E-state index in [1.54, 1.807) is 0 Å². The van der Waals surface area contributed by atoms with Gasteiger partial charge in [-0.25, -0.2) is 0 Å². The highest BCUT2D eigenvalue weighted by Gasteiger charge is 2.27. The Hall–Kier alpha value is -0.570. The molecule has 0 spiro atoms. The van der Waals surface area contributed by atoms with Gasteiger partial charge >= 0.3 is 0 Å². The lowest BCUT2D eigenvalue weighted by molar-refractivity contribution is -0.131. The van der Waals surface area contributed by atoms with Crippen molar-refractivity contribution in [2.45, 2.75) is 32.7 Å². The fourth-order valence-corrected chi connectivity index (χ4v) is 1.54. The van der Waals surface area contributed by atoms with E-state index in [4.69, 9.17) is 0 Å². The third kappa shape index (κ3) is 2.21. The lowest BCUT2D eigenvalue weighted by Crippen LogP contribution is -2.39. The fraction of sp³-hybridized carbons (Fsp3) is 0.889. The molecule has 0 aliphatic carbocycles. The molecule has 0 bridgehead atoms. The lowest BCUT2D eigenvalue weighted by Gasteiger charge is -2.22. The van der Waals surface area contributed by atoms with Gasteiger partial charge < -0.3 is 10.2 Å². The SMILES string of the molecule is CCN1CCNC(C)(C)CC1=O. The molecule has 3 nitrogen and oxygen atoms in total. The molecule has 12 heavy (non-hydrogen) atoms. The summed E-state index contributed by atoms with van der Waals surface area (Å²) in [4.78, 5) is 13.5. The Kier molecular flexibility index (Phi) is 2.73. The number of likely N-dealkylation sites (N-methyl/N-ethyl adjacent to an activating group) is 1. The summed E-state index contributed by atoms with van der Waals surface area (Å²) in [6.45, 7) is 8.76. The first kappa shape index (κ1) is 9.52. The van der Waals surface area contributed by atoms with E-state index in [0.717, 1.165) is 19.6 Å². The second-order valence-corrected chi connectivity index (χ2v) is 3.96. The molecule has 1 saturated heterocycles. The van der Waals surface area contributed by atoms with Crippen LogP contribution in [-0.4, -0.2) is 36.0 Å². The molecule has 1 aliphatic rings. The Bertz CT molecular complexity index is 177. The molecule has 1 heterocycles. The number of carbonyl (C=O) groups is 1. The van der Waals surface area contributed by atoms with Crippen molar-refractivity contribution >= 4 is 5.91 Å². The maximum Gasteiger partial charge on any atom is 0.224 e. The molecule has 1 fully saturated rings. The second kappa shape index (κ2) is 3.44. The van der Waals surface area contributed by atoms with Gasteiger partial charge in [0.1, 0.15) is 0 Å². The van der Waals surface area contributed by atoms with Crippen molar-refractivity contribution in [2.24, 2.45) is 0 Å². The molecule has 0 radical (unpaired) electrons. The third-order valence-corrected chi connectivity index (χ3v) is 2.31. The van der Waals surface area contributed by atoms with E-state index in [9.17, 15) is 4.79 Å². The number of rotatable bonds is 1. The molecule has 0 aromatic carbocycles. The molecule has 1 aliphatic heterocycles. The maximum absolute atomic E-state index is 11.5. The van der Waals surface area contributed by atoms with Crippen molar-refractivity contribution < 1.29 is 4.79 Å². The van der Waals surface area contributed by atoms with Crippen LogP contribution >= 0.6 is 0 Å². The Balaban J connectivity index is 2.62. The van der Waals surface area contributed by atoms with E-state index >= 15 is 0 Å². The smallest absolute Gasteiger partial charge is 0.224 e. The number of carbonyl (C=O) groups excluding carboxylic acids is 1. The van der Waals surface area contributed by atoms with Crippen molar-refractivity contribution in [3.05, 3.63) is 0 Å². The largest absolute Gasteiger partial charge is 0.342 e. The van der Waals surface area contributed by atoms with Gasteiger partial charge in [-0.2, -0.15) is 0 Å². The van der Waals surface area contributed by atoms with Crippen LogP contribution < -0.4 is 5.32 Å². The first-order valence-electron chi connectivity index (χ1n) is 4.58. The van der Waals surface area contributed by atoms with E-state index in [2.05, 4.69) is 19.2 Å². The van der Waals surface area contributed by atoms with Gasteiger partial charge in [-0.1, -0.05) is 0 Å². The molecule has 3 heteroatoms. The summed E-state index contributed by atoms with van der Waals surface area (Å²) in [5.41, 5.74) is -0.0268. The number of hydrogen-bond acceptors (Lipinski definition) is 2. The standard InChI is InChI=1S/C9H18N2O/c1-4-11-6-5-10-9(2,3)7-8(11)12/h10H,4-7H2,1-3H3. The number of amides is 1. The van der Waals surface area contributed by atoms with Crippen molar-refractivity contribution in [3.63, 3.8) is 0 Å². The van der Waals surface area contributed by atoms with Crippen LogP contribution in [0.3, 0.4) is 0 Å². The highest BCUT2D eigenvalue weighted by molar-refractivity contribution is 5.77. The predicted molar refractivity (Wildman–Crippen MR) is 49.0 cm³/mol. The van der Waals surface area contributed by atoms with Gasteiger partial charge in [0.05, 0.1) is 0 Å². The van der Waals surface area contributed by atoms with E-state index in [-0.39, 0.29) is 11.4 Å². The number of nitrogens with one attached hydrogen (secondary N) is 1. The fourth-order valence-electron chi connectivity index (χ4n) is 1.54. The van der Waals surface area contributed by atoms with Crippen LogP contribution in [0.25, 0.3) is 0 Å². The zero-order chi connectivity index (χ0) is 9.19. The summed E-state index contributed by atoms with van der Waals surface area (Å²) < 4.78 is 0. The number of hydrogen-bond donors (Lipinski definition) is 1. The molecule has 0 aromatic rings. The van der Waals surface area contributed by atoms with Gasteiger partial charge in [-0.05, 0) is 20.8 Å². The first-order valence-corrected chi connectivity index (χ1v) is 4.58. The van der Waals surface area contributed by atoms with Gasteiger partial charge in [-0.15, -0.1) is 0 Å². The Morgan fingerprint density at radius 3 is 2.83 bits per heavy atom. The van der Waals surface area contributed by atoms with Crippen LogP contribution in [0.5, 0.6) is 0 Å². The van der Waals surface area contributed by atoms with Gasteiger partial charge in [0.15, 0.2) is 0 Å². The zero-order valence-electron chi connectivity index (χ0n) is 8.18. The van der Waals surface area contributed by atoms with Crippen LogP contribution in [-0.2, 0) is 4.79 Å². The summed E-state index contributed by atoms with van der Waals surface area (Å²) in [6, 6.07) is 0. The first-order chi connectivity index (χ1) is 5.55.